The van der Waals surface area contributed by atoms with E-state index in [2.05, 4.69) is 15.9 Å². The van der Waals surface area contributed by atoms with E-state index >= 15 is 0 Å². The van der Waals surface area contributed by atoms with E-state index < -0.39 is 29.4 Å². The summed E-state index contributed by atoms with van der Waals surface area (Å²) in [6, 6.07) is 1.73. The Kier molecular flexibility index (Phi) is 4.26. The second-order valence-electron chi connectivity index (χ2n) is 3.78. The molecule has 0 aromatic heterocycles. The molecule has 0 saturated carbocycles. The summed E-state index contributed by atoms with van der Waals surface area (Å²) in [5, 5.41) is 8.85. The van der Waals surface area contributed by atoms with Crippen molar-refractivity contribution in [3.05, 3.63) is 28.0 Å². The van der Waals surface area contributed by atoms with Gasteiger partial charge in [-0.25, -0.2) is 18.0 Å². The number of aromatic carboxylic acids is 1. The van der Waals surface area contributed by atoms with E-state index in [0.29, 0.717) is 13.0 Å². The molecule has 1 aromatic rings. The molecular weight excluding hydrogens is 317 g/mol. The quantitative estimate of drug-likeness (QED) is 0.917. The molecular formula is C11H10BrF3O3. The van der Waals surface area contributed by atoms with Crippen molar-refractivity contribution < 1.29 is 27.8 Å². The number of hydrogen-bond donors (Lipinski definition) is 1. The molecule has 1 aromatic carbocycles. The summed E-state index contributed by atoms with van der Waals surface area (Å²) >= 11 is 2.83. The zero-order chi connectivity index (χ0) is 14.1. The van der Waals surface area contributed by atoms with Gasteiger partial charge in [0, 0.05) is 6.92 Å². The number of halogens is 4. The van der Waals surface area contributed by atoms with Gasteiger partial charge in [-0.15, -0.1) is 0 Å². The van der Waals surface area contributed by atoms with Gasteiger partial charge in [0.15, 0.2) is 6.10 Å². The van der Waals surface area contributed by atoms with Gasteiger partial charge in [0.1, 0.15) is 17.1 Å². The Hall–Kier alpha value is -1.24. The standard InChI is InChI=1S/C11H10BrF3O3/c1-5(11(2,14)15)18-9-4-7(12)8(13)3-6(9)10(16)17/h3-5H,1-2H3,(H,16,17). The molecule has 1 unspecified atom stereocenters. The molecule has 0 saturated heterocycles. The normalized spacial score (nSPS) is 13.2. The van der Waals surface area contributed by atoms with E-state index in [0.717, 1.165) is 13.0 Å². The van der Waals surface area contributed by atoms with E-state index in [9.17, 15) is 18.0 Å². The molecule has 1 rings (SSSR count). The van der Waals surface area contributed by atoms with Crippen molar-refractivity contribution in [3.8, 4) is 5.75 Å². The van der Waals surface area contributed by atoms with Crippen molar-refractivity contribution in [2.45, 2.75) is 25.9 Å². The second kappa shape index (κ2) is 5.17. The van der Waals surface area contributed by atoms with Crippen molar-refractivity contribution in [2.75, 3.05) is 0 Å². The van der Waals surface area contributed by atoms with Crippen LogP contribution in [0.5, 0.6) is 5.75 Å². The molecule has 1 atom stereocenters. The molecule has 0 aliphatic rings. The number of carbonyl (C=O) groups is 1. The first-order valence-electron chi connectivity index (χ1n) is 4.89. The van der Waals surface area contributed by atoms with Crippen LogP contribution in [-0.2, 0) is 0 Å². The summed E-state index contributed by atoms with van der Waals surface area (Å²) in [5.41, 5.74) is -0.508. The fourth-order valence-electron chi connectivity index (χ4n) is 1.09. The largest absolute Gasteiger partial charge is 0.484 e. The molecule has 0 amide bonds. The van der Waals surface area contributed by atoms with Gasteiger partial charge in [0.25, 0.3) is 5.92 Å². The Balaban J connectivity index is 3.15. The van der Waals surface area contributed by atoms with Crippen LogP contribution in [-0.4, -0.2) is 23.1 Å². The van der Waals surface area contributed by atoms with E-state index in [4.69, 9.17) is 9.84 Å². The zero-order valence-corrected chi connectivity index (χ0v) is 11.1. The molecule has 100 valence electrons. The maximum Gasteiger partial charge on any atom is 0.339 e. The van der Waals surface area contributed by atoms with E-state index in [1.165, 1.54) is 0 Å². The number of ether oxygens (including phenoxy) is 1. The van der Waals surface area contributed by atoms with Gasteiger partial charge in [-0.05, 0) is 35.0 Å². The summed E-state index contributed by atoms with van der Waals surface area (Å²) in [6.07, 6.45) is -1.53. The first kappa shape index (κ1) is 14.8. The van der Waals surface area contributed by atoms with Crippen molar-refractivity contribution in [3.63, 3.8) is 0 Å². The van der Waals surface area contributed by atoms with Crippen LogP contribution >= 0.6 is 15.9 Å². The smallest absolute Gasteiger partial charge is 0.339 e. The number of alkyl halides is 2. The second-order valence-corrected chi connectivity index (χ2v) is 4.64. The summed E-state index contributed by atoms with van der Waals surface area (Å²) in [7, 11) is 0. The molecule has 7 heteroatoms. The molecule has 0 spiro atoms. The van der Waals surface area contributed by atoms with Crippen LogP contribution in [0.15, 0.2) is 16.6 Å². The lowest BCUT2D eigenvalue weighted by Crippen LogP contribution is -2.33. The fourth-order valence-corrected chi connectivity index (χ4v) is 1.41. The Morgan fingerprint density at radius 2 is 2.06 bits per heavy atom. The fraction of sp³-hybridized carbons (Fsp3) is 0.364. The first-order valence-corrected chi connectivity index (χ1v) is 5.69. The van der Waals surface area contributed by atoms with Crippen LogP contribution in [0.2, 0.25) is 0 Å². The minimum absolute atomic E-state index is 0.0610. The van der Waals surface area contributed by atoms with Crippen LogP contribution in [0.1, 0.15) is 24.2 Å². The van der Waals surface area contributed by atoms with E-state index in [1.807, 2.05) is 0 Å². The van der Waals surface area contributed by atoms with Gasteiger partial charge in [-0.1, -0.05) is 0 Å². The van der Waals surface area contributed by atoms with Gasteiger partial charge in [0.05, 0.1) is 4.47 Å². The average molecular weight is 327 g/mol. The highest BCUT2D eigenvalue weighted by Gasteiger charge is 2.33. The molecule has 3 nitrogen and oxygen atoms in total. The third-order valence-electron chi connectivity index (χ3n) is 2.27. The van der Waals surface area contributed by atoms with Crippen molar-refractivity contribution in [1.82, 2.24) is 0 Å². The van der Waals surface area contributed by atoms with Crippen molar-refractivity contribution >= 4 is 21.9 Å². The zero-order valence-electron chi connectivity index (χ0n) is 9.51. The lowest BCUT2D eigenvalue weighted by atomic mass is 10.2. The predicted molar refractivity (Wildman–Crippen MR) is 61.8 cm³/mol. The maximum atomic E-state index is 13.2. The van der Waals surface area contributed by atoms with Gasteiger partial charge in [-0.3, -0.25) is 0 Å². The van der Waals surface area contributed by atoms with Crippen molar-refractivity contribution in [1.29, 1.82) is 0 Å². The summed E-state index contributed by atoms with van der Waals surface area (Å²) < 4.78 is 43.9. The third kappa shape index (κ3) is 3.38. The van der Waals surface area contributed by atoms with Crippen LogP contribution in [0.4, 0.5) is 13.2 Å². The lowest BCUT2D eigenvalue weighted by molar-refractivity contribution is -0.0721. The molecule has 0 bridgehead atoms. The molecule has 0 fully saturated rings. The Morgan fingerprint density at radius 3 is 2.50 bits per heavy atom. The lowest BCUT2D eigenvalue weighted by Gasteiger charge is -2.22. The number of benzene rings is 1. The highest BCUT2D eigenvalue weighted by atomic mass is 79.9. The van der Waals surface area contributed by atoms with E-state index in [-0.39, 0.29) is 10.2 Å². The summed E-state index contributed by atoms with van der Waals surface area (Å²) in [6.45, 7) is 1.75. The topological polar surface area (TPSA) is 46.5 Å². The Morgan fingerprint density at radius 1 is 1.50 bits per heavy atom. The Bertz CT molecular complexity index is 471. The van der Waals surface area contributed by atoms with Crippen LogP contribution < -0.4 is 4.74 Å². The van der Waals surface area contributed by atoms with E-state index in [1.54, 1.807) is 0 Å². The monoisotopic (exact) mass is 326 g/mol. The number of rotatable bonds is 4. The molecule has 0 radical (unpaired) electrons. The number of carboxylic acid groups (broad SMARTS) is 1. The first-order chi connectivity index (χ1) is 8.12. The van der Waals surface area contributed by atoms with Gasteiger partial charge in [-0.2, -0.15) is 0 Å². The predicted octanol–water partition coefficient (Wildman–Crippen LogP) is 3.71. The number of hydrogen-bond acceptors (Lipinski definition) is 2. The van der Waals surface area contributed by atoms with Crippen molar-refractivity contribution in [2.24, 2.45) is 0 Å². The van der Waals surface area contributed by atoms with Gasteiger partial charge in [0.2, 0.25) is 0 Å². The molecule has 0 heterocycles. The summed E-state index contributed by atoms with van der Waals surface area (Å²) in [4.78, 5) is 10.9. The minimum Gasteiger partial charge on any atom is -0.484 e. The molecule has 0 aliphatic carbocycles. The Labute approximate surface area is 110 Å². The molecule has 1 N–H and O–H groups in total. The van der Waals surface area contributed by atoms with Crippen LogP contribution in [0.3, 0.4) is 0 Å². The minimum atomic E-state index is -3.14. The SMILES string of the molecule is CC(Oc1cc(Br)c(F)cc1C(=O)O)C(C)(F)F. The molecule has 0 aliphatic heterocycles. The van der Waals surface area contributed by atoms with Crippen LogP contribution in [0.25, 0.3) is 0 Å². The third-order valence-corrected chi connectivity index (χ3v) is 2.88. The summed E-state index contributed by atoms with van der Waals surface area (Å²) in [5.74, 6) is -5.72. The highest BCUT2D eigenvalue weighted by Crippen LogP contribution is 2.30. The average Bonchev–Trinajstić information content (AvgIpc) is 2.21. The molecule has 18 heavy (non-hydrogen) atoms. The highest BCUT2D eigenvalue weighted by molar-refractivity contribution is 9.10. The van der Waals surface area contributed by atoms with Crippen LogP contribution in [0, 0.1) is 5.82 Å². The van der Waals surface area contributed by atoms with Gasteiger partial charge < -0.3 is 9.84 Å². The maximum absolute atomic E-state index is 13.2. The van der Waals surface area contributed by atoms with Gasteiger partial charge >= 0.3 is 5.97 Å². The number of carboxylic acids is 1.